The molecule has 0 saturated carbocycles. The molecule has 3 rings (SSSR count). The van der Waals surface area contributed by atoms with Gasteiger partial charge in [0.05, 0.1) is 0 Å². The van der Waals surface area contributed by atoms with Crippen LogP contribution in [0.2, 0.25) is 5.02 Å². The molecule has 0 spiro atoms. The monoisotopic (exact) mass is 343 g/mol. The minimum atomic E-state index is -0.490. The fourth-order valence-corrected chi connectivity index (χ4v) is 2.99. The number of halogens is 1. The van der Waals surface area contributed by atoms with E-state index >= 15 is 0 Å². The molecule has 0 saturated heterocycles. The Bertz CT molecular complexity index is 670. The number of para-hydroxylation sites is 1. The van der Waals surface area contributed by atoms with Gasteiger partial charge in [0, 0.05) is 24.7 Å². The molecular weight excluding hydrogens is 322 g/mol. The van der Waals surface area contributed by atoms with E-state index in [1.165, 1.54) is 11.1 Å². The highest BCUT2D eigenvalue weighted by Crippen LogP contribution is 2.23. The van der Waals surface area contributed by atoms with E-state index in [1.54, 1.807) is 0 Å². The number of hydrogen-bond donors (Lipinski definition) is 1. The average Bonchev–Trinajstić information content (AvgIpc) is 2.62. The fourth-order valence-electron chi connectivity index (χ4n) is 2.86. The van der Waals surface area contributed by atoms with Gasteiger partial charge in [-0.1, -0.05) is 48.0 Å². The Kier molecular flexibility index (Phi) is 5.91. The van der Waals surface area contributed by atoms with Gasteiger partial charge < -0.3 is 9.84 Å². The number of aliphatic hydroxyl groups excluding tert-OH is 1. The van der Waals surface area contributed by atoms with E-state index in [9.17, 15) is 5.11 Å². The van der Waals surface area contributed by atoms with Gasteiger partial charge in [0.1, 0.15) is 18.5 Å². The van der Waals surface area contributed by atoms with Gasteiger partial charge in [-0.3, -0.25) is 4.90 Å². The molecule has 2 aromatic rings. The van der Waals surface area contributed by atoms with Gasteiger partial charge in [-0.15, -0.1) is 0 Å². The number of nitrogens with zero attached hydrogens (tertiary/aromatic N) is 1. The molecule has 126 valence electrons. The van der Waals surface area contributed by atoms with Gasteiger partial charge in [-0.2, -0.15) is 0 Å². The first-order valence-corrected chi connectivity index (χ1v) is 8.62. The topological polar surface area (TPSA) is 32.7 Å². The first kappa shape index (κ1) is 17.0. The first-order chi connectivity index (χ1) is 11.7. The molecule has 0 fully saturated rings. The van der Waals surface area contributed by atoms with Gasteiger partial charge in [-0.25, -0.2) is 0 Å². The van der Waals surface area contributed by atoms with Crippen molar-refractivity contribution >= 4 is 17.2 Å². The minimum absolute atomic E-state index is 0.314. The summed E-state index contributed by atoms with van der Waals surface area (Å²) >= 11 is 5.94. The summed E-state index contributed by atoms with van der Waals surface area (Å²) in [5.74, 6) is 0.792. The minimum Gasteiger partial charge on any atom is -0.491 e. The second kappa shape index (κ2) is 8.34. The maximum atomic E-state index is 10.2. The van der Waals surface area contributed by atoms with Crippen LogP contribution in [0.5, 0.6) is 5.75 Å². The smallest absolute Gasteiger partial charge is 0.119 e. The molecule has 1 unspecified atom stereocenters. The third-order valence-electron chi connectivity index (χ3n) is 4.16. The zero-order valence-corrected chi connectivity index (χ0v) is 14.3. The standard InChI is InChI=1S/C20H22ClNO2/c21-18-8-6-16(7-9-18)17-10-12-22(13-11-17)14-19(23)15-24-20-4-2-1-3-5-20/h1-10,19,23H,11-15H2. The van der Waals surface area contributed by atoms with Gasteiger partial charge in [-0.05, 0) is 41.8 Å². The van der Waals surface area contributed by atoms with Crippen molar-refractivity contribution in [2.45, 2.75) is 12.5 Å². The number of rotatable bonds is 6. The lowest BCUT2D eigenvalue weighted by molar-refractivity contribution is 0.0717. The number of β-amino-alcohol motifs (C(OH)–C–C–N with tert-alkyl or cyclic N) is 1. The second-order valence-corrected chi connectivity index (χ2v) is 6.46. The van der Waals surface area contributed by atoms with E-state index in [0.717, 1.165) is 30.3 Å². The summed E-state index contributed by atoms with van der Waals surface area (Å²) < 4.78 is 5.61. The van der Waals surface area contributed by atoms with Crippen molar-refractivity contribution in [1.82, 2.24) is 4.90 Å². The number of aliphatic hydroxyl groups is 1. The van der Waals surface area contributed by atoms with Crippen LogP contribution >= 0.6 is 11.6 Å². The molecule has 0 bridgehead atoms. The van der Waals surface area contributed by atoms with Crippen LogP contribution in [0, 0.1) is 0 Å². The van der Waals surface area contributed by atoms with Crippen LogP contribution in [0.1, 0.15) is 12.0 Å². The summed E-state index contributed by atoms with van der Waals surface area (Å²) in [7, 11) is 0. The van der Waals surface area contributed by atoms with E-state index in [1.807, 2.05) is 42.5 Å². The summed E-state index contributed by atoms with van der Waals surface area (Å²) in [6.07, 6.45) is 2.72. The van der Waals surface area contributed by atoms with Gasteiger partial charge in [0.25, 0.3) is 0 Å². The average molecular weight is 344 g/mol. The van der Waals surface area contributed by atoms with Crippen LogP contribution in [0.4, 0.5) is 0 Å². The highest BCUT2D eigenvalue weighted by Gasteiger charge is 2.16. The highest BCUT2D eigenvalue weighted by molar-refractivity contribution is 6.30. The Hall–Kier alpha value is -1.81. The summed E-state index contributed by atoms with van der Waals surface area (Å²) in [6.45, 7) is 2.72. The van der Waals surface area contributed by atoms with E-state index in [2.05, 4.69) is 23.1 Å². The lowest BCUT2D eigenvalue weighted by Gasteiger charge is -2.28. The molecule has 0 aliphatic carbocycles. The largest absolute Gasteiger partial charge is 0.491 e. The normalized spacial score (nSPS) is 16.5. The molecule has 1 aliphatic rings. The molecule has 1 N–H and O–H groups in total. The lowest BCUT2D eigenvalue weighted by atomic mass is 9.99. The Morgan fingerprint density at radius 1 is 1.08 bits per heavy atom. The quantitative estimate of drug-likeness (QED) is 0.864. The van der Waals surface area contributed by atoms with Crippen LogP contribution in [-0.4, -0.2) is 42.4 Å². The molecule has 0 aromatic heterocycles. The molecule has 1 atom stereocenters. The van der Waals surface area contributed by atoms with Crippen LogP contribution in [0.3, 0.4) is 0 Å². The lowest BCUT2D eigenvalue weighted by Crippen LogP contribution is -2.38. The summed E-state index contributed by atoms with van der Waals surface area (Å²) in [6, 6.07) is 17.6. The zero-order valence-electron chi connectivity index (χ0n) is 13.6. The van der Waals surface area contributed by atoms with Crippen LogP contribution < -0.4 is 4.74 Å². The molecule has 2 aromatic carbocycles. The van der Waals surface area contributed by atoms with Crippen molar-refractivity contribution < 1.29 is 9.84 Å². The Labute approximate surface area is 148 Å². The third kappa shape index (κ3) is 4.84. The maximum absolute atomic E-state index is 10.2. The van der Waals surface area contributed by atoms with Crippen molar-refractivity contribution in [3.63, 3.8) is 0 Å². The highest BCUT2D eigenvalue weighted by atomic mass is 35.5. The van der Waals surface area contributed by atoms with Gasteiger partial charge >= 0.3 is 0 Å². The Morgan fingerprint density at radius 2 is 1.83 bits per heavy atom. The van der Waals surface area contributed by atoms with E-state index in [-0.39, 0.29) is 0 Å². The van der Waals surface area contributed by atoms with Crippen LogP contribution in [0.25, 0.3) is 5.57 Å². The van der Waals surface area contributed by atoms with Crippen molar-refractivity contribution in [1.29, 1.82) is 0 Å². The number of ether oxygens (including phenoxy) is 1. The molecule has 0 radical (unpaired) electrons. The van der Waals surface area contributed by atoms with E-state index in [0.29, 0.717) is 13.2 Å². The van der Waals surface area contributed by atoms with Gasteiger partial charge in [0.15, 0.2) is 0 Å². The van der Waals surface area contributed by atoms with E-state index < -0.39 is 6.10 Å². The zero-order chi connectivity index (χ0) is 16.8. The third-order valence-corrected chi connectivity index (χ3v) is 4.41. The molecular formula is C20H22ClNO2. The van der Waals surface area contributed by atoms with Crippen LogP contribution in [-0.2, 0) is 0 Å². The Balaban J connectivity index is 1.46. The molecule has 4 heteroatoms. The molecule has 3 nitrogen and oxygen atoms in total. The Morgan fingerprint density at radius 3 is 2.50 bits per heavy atom. The fraction of sp³-hybridized carbons (Fsp3) is 0.300. The molecule has 0 amide bonds. The van der Waals surface area contributed by atoms with Gasteiger partial charge in [0.2, 0.25) is 0 Å². The summed E-state index contributed by atoms with van der Waals surface area (Å²) in [4.78, 5) is 2.25. The van der Waals surface area contributed by atoms with Crippen molar-refractivity contribution in [3.05, 3.63) is 71.3 Å². The number of hydrogen-bond acceptors (Lipinski definition) is 3. The van der Waals surface area contributed by atoms with Crippen molar-refractivity contribution in [3.8, 4) is 5.75 Å². The second-order valence-electron chi connectivity index (χ2n) is 6.02. The molecule has 1 heterocycles. The molecule has 24 heavy (non-hydrogen) atoms. The first-order valence-electron chi connectivity index (χ1n) is 8.24. The summed E-state index contributed by atoms with van der Waals surface area (Å²) in [5.41, 5.74) is 2.57. The van der Waals surface area contributed by atoms with Crippen LogP contribution in [0.15, 0.2) is 60.7 Å². The number of benzene rings is 2. The maximum Gasteiger partial charge on any atom is 0.119 e. The molecule has 1 aliphatic heterocycles. The predicted molar refractivity (Wildman–Crippen MR) is 98.4 cm³/mol. The SMILES string of the molecule is OC(COc1ccccc1)CN1CC=C(c2ccc(Cl)cc2)CC1. The predicted octanol–water partition coefficient (Wildman–Crippen LogP) is 3.87. The van der Waals surface area contributed by atoms with Crippen molar-refractivity contribution in [2.75, 3.05) is 26.2 Å². The summed E-state index contributed by atoms with van der Waals surface area (Å²) in [5, 5.41) is 10.9. The van der Waals surface area contributed by atoms with Crippen molar-refractivity contribution in [2.24, 2.45) is 0 Å². The van der Waals surface area contributed by atoms with E-state index in [4.69, 9.17) is 16.3 Å².